The van der Waals surface area contributed by atoms with E-state index in [0.29, 0.717) is 17.6 Å². The Morgan fingerprint density at radius 3 is 2.39 bits per heavy atom. The van der Waals surface area contributed by atoms with Crippen molar-refractivity contribution in [1.29, 1.82) is 0 Å². The lowest BCUT2D eigenvalue weighted by molar-refractivity contribution is -0.232. The molecule has 41 heavy (non-hydrogen) atoms. The number of hydrogen-bond donors (Lipinski definition) is 0. The Hall–Kier alpha value is -2.14. The van der Waals surface area contributed by atoms with Crippen LogP contribution in [-0.2, 0) is 18.3 Å². The van der Waals surface area contributed by atoms with Crippen LogP contribution in [0, 0.1) is 23.7 Å². The summed E-state index contributed by atoms with van der Waals surface area (Å²) in [4.78, 5) is 2.71. The zero-order valence-corrected chi connectivity index (χ0v) is 26.6. The first-order chi connectivity index (χ1) is 19.4. The van der Waals surface area contributed by atoms with E-state index >= 15 is 0 Å². The molecule has 0 amide bonds. The maximum atomic E-state index is 11.0. The summed E-state index contributed by atoms with van der Waals surface area (Å²) in [6.45, 7) is 11.7. The molecular formula is C36H51F2NO2. The molecule has 0 N–H and O–H groups in total. The third-order valence-corrected chi connectivity index (χ3v) is 11.3. The largest absolute Gasteiger partial charge is 0.493 e. The maximum absolute atomic E-state index is 11.0. The number of hydrogen-bond acceptors (Lipinski definition) is 3. The van der Waals surface area contributed by atoms with Gasteiger partial charge in [-0.25, -0.2) is 8.78 Å². The summed E-state index contributed by atoms with van der Waals surface area (Å²) >= 11 is 0. The minimum absolute atomic E-state index is 0.183. The highest BCUT2D eigenvalue weighted by atomic mass is 19.3. The highest BCUT2D eigenvalue weighted by Gasteiger charge is 2.78. The number of aryl methyl sites for hydroxylation is 2. The summed E-state index contributed by atoms with van der Waals surface area (Å²) in [5, 5.41) is 0. The van der Waals surface area contributed by atoms with Gasteiger partial charge in [-0.3, -0.25) is 0 Å². The van der Waals surface area contributed by atoms with Crippen LogP contribution >= 0.6 is 0 Å². The number of methoxy groups -OCH3 is 1. The summed E-state index contributed by atoms with van der Waals surface area (Å²) in [5.74, 6) is 0.292. The van der Waals surface area contributed by atoms with Gasteiger partial charge in [0.25, 0.3) is 0 Å². The predicted molar refractivity (Wildman–Crippen MR) is 163 cm³/mol. The molecule has 2 spiro atoms. The number of likely N-dealkylation sites (tertiary alicyclic amines) is 1. The van der Waals surface area contributed by atoms with E-state index in [1.54, 1.807) is 5.56 Å². The van der Waals surface area contributed by atoms with Gasteiger partial charge < -0.3 is 14.4 Å². The Kier molecular flexibility index (Phi) is 8.02. The van der Waals surface area contributed by atoms with Gasteiger partial charge in [0.15, 0.2) is 11.5 Å². The number of halogens is 2. The highest BCUT2D eigenvalue weighted by Crippen LogP contribution is 2.78. The number of fused-ring (bicyclic) bond motifs is 2. The van der Waals surface area contributed by atoms with Crippen molar-refractivity contribution in [2.75, 3.05) is 20.7 Å². The Labute approximate surface area is 247 Å². The Morgan fingerprint density at radius 2 is 1.73 bits per heavy atom. The van der Waals surface area contributed by atoms with Gasteiger partial charge in [-0.15, -0.1) is 0 Å². The first-order valence-electron chi connectivity index (χ1n) is 15.9. The smallest absolute Gasteiger partial charge is 0.242 e. The van der Waals surface area contributed by atoms with Crippen molar-refractivity contribution in [1.82, 2.24) is 4.90 Å². The van der Waals surface area contributed by atoms with Gasteiger partial charge in [-0.2, -0.15) is 0 Å². The highest BCUT2D eigenvalue weighted by molar-refractivity contribution is 5.63. The number of piperidine rings is 1. The number of nitrogens with zero attached hydrogens (tertiary/aromatic N) is 1. The van der Waals surface area contributed by atoms with Crippen LogP contribution in [0.1, 0.15) is 95.4 Å². The van der Waals surface area contributed by atoms with Gasteiger partial charge in [0.1, 0.15) is 6.10 Å². The number of likely N-dealkylation sites (N-methyl/N-ethyl adjacent to an activating group) is 1. The van der Waals surface area contributed by atoms with E-state index in [2.05, 4.69) is 62.2 Å². The Morgan fingerprint density at radius 1 is 1.05 bits per heavy atom. The Bertz CT molecular complexity index is 1230. The summed E-state index contributed by atoms with van der Waals surface area (Å²) in [5.41, 5.74) is 6.71. The van der Waals surface area contributed by atoms with E-state index in [-0.39, 0.29) is 10.8 Å². The Balaban J connectivity index is 0.000000439. The van der Waals surface area contributed by atoms with Crippen LogP contribution in [0.25, 0.3) is 0 Å². The van der Waals surface area contributed by atoms with E-state index in [0.717, 1.165) is 31.3 Å². The SMILES string of the molecule is CC.CC(C)(F)F.COc1ccc2c3c1O[C@H]1[C@@]4(C)CC[C@@]5(C[C@@H]4CCCc4ccc(C)cc4)C(C2)N(C)CC[C@]315. The summed E-state index contributed by atoms with van der Waals surface area (Å²) in [7, 11) is 4.20. The van der Waals surface area contributed by atoms with Crippen LogP contribution in [0.15, 0.2) is 36.4 Å². The number of alkyl halides is 2. The molecule has 0 radical (unpaired) electrons. The lowest BCUT2D eigenvalue weighted by atomic mass is 9.32. The third-order valence-electron chi connectivity index (χ3n) is 11.3. The van der Waals surface area contributed by atoms with Gasteiger partial charge in [-0.05, 0) is 114 Å². The van der Waals surface area contributed by atoms with E-state index in [4.69, 9.17) is 9.47 Å². The van der Waals surface area contributed by atoms with Crippen LogP contribution in [0.3, 0.4) is 0 Å². The molecule has 3 nitrogen and oxygen atoms in total. The van der Waals surface area contributed by atoms with E-state index < -0.39 is 5.92 Å². The normalized spacial score (nSPS) is 34.0. The lowest BCUT2D eigenvalue weighted by Gasteiger charge is -2.74. The molecule has 6 atom stereocenters. The van der Waals surface area contributed by atoms with E-state index in [1.807, 2.05) is 21.0 Å². The second-order valence-electron chi connectivity index (χ2n) is 13.8. The number of benzene rings is 2. The van der Waals surface area contributed by atoms with Gasteiger partial charge in [0.05, 0.1) is 7.11 Å². The molecule has 3 saturated carbocycles. The monoisotopic (exact) mass is 567 g/mol. The number of rotatable bonds is 5. The molecule has 1 unspecified atom stereocenters. The molecule has 2 aromatic carbocycles. The minimum Gasteiger partial charge on any atom is -0.493 e. The van der Waals surface area contributed by atoms with Crippen molar-refractivity contribution in [2.45, 2.75) is 116 Å². The van der Waals surface area contributed by atoms with Crippen LogP contribution in [0.5, 0.6) is 11.5 Å². The predicted octanol–water partition coefficient (Wildman–Crippen LogP) is 8.78. The van der Waals surface area contributed by atoms with Crippen LogP contribution in [0.4, 0.5) is 8.78 Å². The standard InChI is InChI=1S/C31H39NO2.C3H6F2.C2H6/c1-20-8-10-21(11-9-20)6-5-7-23-19-30-15-14-29(23,2)28-31(30)16-17-32(3)25(30)18-22-12-13-24(33-4)27(34-28)26(22)31;1-3(2,4)5;1-2/h8-13,23,25,28H,5-7,14-19H2,1-4H3;1-2H3;1-2H3/t23-,25?,28-,29-,30+,31-;;/m0../s1. The quantitative estimate of drug-likeness (QED) is 0.360. The van der Waals surface area contributed by atoms with Gasteiger partial charge in [0, 0.05) is 22.4 Å². The van der Waals surface area contributed by atoms with Crippen molar-refractivity contribution >= 4 is 0 Å². The average Bonchev–Trinajstić information content (AvgIpc) is 3.30. The zero-order valence-electron chi connectivity index (χ0n) is 26.6. The molecule has 226 valence electrons. The van der Waals surface area contributed by atoms with Gasteiger partial charge in [-0.1, -0.05) is 56.7 Å². The molecule has 2 heterocycles. The molecule has 4 aliphatic carbocycles. The van der Waals surface area contributed by atoms with Gasteiger partial charge >= 0.3 is 0 Å². The van der Waals surface area contributed by atoms with Crippen molar-refractivity contribution in [3.05, 3.63) is 58.7 Å². The molecule has 0 aromatic heterocycles. The van der Waals surface area contributed by atoms with Gasteiger partial charge in [0.2, 0.25) is 5.92 Å². The first-order valence-corrected chi connectivity index (χ1v) is 15.9. The zero-order chi connectivity index (χ0) is 29.8. The molecular weight excluding hydrogens is 516 g/mol. The number of ether oxygens (including phenoxy) is 2. The van der Waals surface area contributed by atoms with E-state index in [9.17, 15) is 8.78 Å². The summed E-state index contributed by atoms with van der Waals surface area (Å²) < 4.78 is 35.0. The van der Waals surface area contributed by atoms with Crippen molar-refractivity contribution in [2.24, 2.45) is 16.7 Å². The van der Waals surface area contributed by atoms with Crippen LogP contribution < -0.4 is 9.47 Å². The molecule has 1 saturated heterocycles. The summed E-state index contributed by atoms with van der Waals surface area (Å²) in [6, 6.07) is 14.3. The van der Waals surface area contributed by atoms with Crippen molar-refractivity contribution < 1.29 is 18.3 Å². The van der Waals surface area contributed by atoms with Crippen molar-refractivity contribution in [3.8, 4) is 11.5 Å². The molecule has 6 aliphatic rings. The second kappa shape index (κ2) is 10.8. The molecule has 2 aromatic rings. The fourth-order valence-corrected chi connectivity index (χ4v) is 9.65. The maximum Gasteiger partial charge on any atom is 0.242 e. The summed E-state index contributed by atoms with van der Waals surface area (Å²) in [6.07, 6.45) is 10.6. The second-order valence-corrected chi connectivity index (χ2v) is 13.8. The topological polar surface area (TPSA) is 21.7 Å². The van der Waals surface area contributed by atoms with Crippen LogP contribution in [-0.4, -0.2) is 43.7 Å². The minimum atomic E-state index is -2.50. The molecule has 4 fully saturated rings. The molecule has 2 aliphatic heterocycles. The van der Waals surface area contributed by atoms with Crippen LogP contribution in [0.2, 0.25) is 0 Å². The van der Waals surface area contributed by atoms with Crippen molar-refractivity contribution in [3.63, 3.8) is 0 Å². The third kappa shape index (κ3) is 4.69. The molecule has 4 bridgehead atoms. The molecule has 5 heteroatoms. The fourth-order valence-electron chi connectivity index (χ4n) is 9.65. The van der Waals surface area contributed by atoms with E-state index in [1.165, 1.54) is 74.6 Å². The lowest BCUT2D eigenvalue weighted by Crippen LogP contribution is -2.77. The first kappa shape index (κ1) is 30.3. The molecule has 8 rings (SSSR count). The average molecular weight is 568 g/mol. The fraction of sp³-hybridized carbons (Fsp3) is 0.667.